The highest BCUT2D eigenvalue weighted by molar-refractivity contribution is 14.1. The van der Waals surface area contributed by atoms with Crippen LogP contribution in [0.3, 0.4) is 0 Å². The molecule has 6 nitrogen and oxygen atoms in total. The molecule has 0 amide bonds. The Morgan fingerprint density at radius 2 is 2.00 bits per heavy atom. The van der Waals surface area contributed by atoms with E-state index in [2.05, 4.69) is 27.6 Å². The molecule has 2 aromatic carbocycles. The van der Waals surface area contributed by atoms with Gasteiger partial charge in [-0.25, -0.2) is 9.79 Å². The third-order valence-electron chi connectivity index (χ3n) is 3.44. The van der Waals surface area contributed by atoms with Crippen LogP contribution < -0.4 is 0 Å². The van der Waals surface area contributed by atoms with Gasteiger partial charge in [0.15, 0.2) is 5.70 Å². The van der Waals surface area contributed by atoms with Gasteiger partial charge < -0.3 is 4.74 Å². The predicted molar refractivity (Wildman–Crippen MR) is 107 cm³/mol. The van der Waals surface area contributed by atoms with Crippen molar-refractivity contribution in [1.82, 2.24) is 0 Å². The second kappa shape index (κ2) is 7.79. The average molecular weight is 481 g/mol. The molecule has 0 N–H and O–H groups in total. The van der Waals surface area contributed by atoms with E-state index in [1.54, 1.807) is 30.3 Å². The Hall–Kier alpha value is -2.52. The number of carbonyl (C=O) groups is 1. The highest BCUT2D eigenvalue weighted by Gasteiger charge is 2.25. The smallest absolute Gasteiger partial charge is 0.363 e. The zero-order chi connectivity index (χ0) is 18.7. The zero-order valence-corrected chi connectivity index (χ0v) is 16.0. The van der Waals surface area contributed by atoms with Gasteiger partial charge in [-0.05, 0) is 59.0 Å². The largest absolute Gasteiger partial charge is 0.402 e. The van der Waals surface area contributed by atoms with E-state index in [-0.39, 0.29) is 17.3 Å². The lowest BCUT2D eigenvalue weighted by Crippen LogP contribution is -2.06. The van der Waals surface area contributed by atoms with Crippen LogP contribution in [0, 0.1) is 13.7 Å². The number of aliphatic imine (C=N–C) groups is 1. The van der Waals surface area contributed by atoms with Crippen LogP contribution in [0.15, 0.2) is 65.3 Å². The van der Waals surface area contributed by atoms with Crippen LogP contribution in [0.5, 0.6) is 0 Å². The van der Waals surface area contributed by atoms with E-state index in [0.717, 1.165) is 3.57 Å². The normalized spacial score (nSPS) is 15.4. The summed E-state index contributed by atoms with van der Waals surface area (Å²) in [7, 11) is 0. The highest BCUT2D eigenvalue weighted by Crippen LogP contribution is 2.25. The summed E-state index contributed by atoms with van der Waals surface area (Å²) in [6.07, 6.45) is 4.49. The molecule has 0 unspecified atom stereocenters. The first kappa shape index (κ1) is 18.3. The van der Waals surface area contributed by atoms with E-state index in [0.29, 0.717) is 16.1 Å². The van der Waals surface area contributed by atoms with Gasteiger partial charge in [0.2, 0.25) is 5.90 Å². The minimum atomic E-state index is -0.609. The first-order valence-corrected chi connectivity index (χ1v) is 8.79. The van der Waals surface area contributed by atoms with Crippen molar-refractivity contribution >= 4 is 57.8 Å². The summed E-state index contributed by atoms with van der Waals surface area (Å²) < 4.78 is 6.10. The maximum absolute atomic E-state index is 12.0. The van der Waals surface area contributed by atoms with Crippen molar-refractivity contribution in [3.63, 3.8) is 0 Å². The Morgan fingerprint density at radius 1 is 1.23 bits per heavy atom. The quantitative estimate of drug-likeness (QED) is 0.208. The van der Waals surface area contributed by atoms with Crippen molar-refractivity contribution in [2.75, 3.05) is 0 Å². The highest BCUT2D eigenvalue weighted by atomic mass is 127. The number of nitrogens with zero attached hydrogens (tertiary/aromatic N) is 2. The first-order valence-electron chi connectivity index (χ1n) is 7.34. The molecule has 0 saturated carbocycles. The van der Waals surface area contributed by atoms with Gasteiger partial charge in [-0.15, -0.1) is 0 Å². The average Bonchev–Trinajstić information content (AvgIpc) is 2.98. The number of para-hydroxylation sites is 1. The molecule has 0 bridgehead atoms. The van der Waals surface area contributed by atoms with Gasteiger partial charge in [0.25, 0.3) is 5.69 Å². The molecule has 0 aliphatic carbocycles. The molecule has 0 radical (unpaired) electrons. The van der Waals surface area contributed by atoms with E-state index >= 15 is 0 Å². The van der Waals surface area contributed by atoms with E-state index in [9.17, 15) is 14.9 Å². The molecule has 0 fully saturated rings. The SMILES string of the molecule is O=C1OC(c2cc(I)ccc2Cl)=N/C1=C/C=C/c1ccccc1[N+](=O)[O-]. The lowest BCUT2D eigenvalue weighted by atomic mass is 10.1. The summed E-state index contributed by atoms with van der Waals surface area (Å²) in [5.74, 6) is -0.481. The van der Waals surface area contributed by atoms with Crippen LogP contribution >= 0.6 is 34.2 Å². The fraction of sp³-hybridized carbons (Fsp3) is 0. The molecule has 1 aliphatic rings. The van der Waals surface area contributed by atoms with E-state index < -0.39 is 10.9 Å². The maximum atomic E-state index is 12.0. The number of halogens is 2. The lowest BCUT2D eigenvalue weighted by molar-refractivity contribution is -0.385. The Labute approximate surface area is 167 Å². The predicted octanol–water partition coefficient (Wildman–Crippen LogP) is 4.75. The molecule has 130 valence electrons. The van der Waals surface area contributed by atoms with Gasteiger partial charge in [0, 0.05) is 9.64 Å². The molecule has 2 aromatic rings. The summed E-state index contributed by atoms with van der Waals surface area (Å²) in [6.45, 7) is 0. The molecule has 0 spiro atoms. The number of cyclic esters (lactones) is 1. The van der Waals surface area contributed by atoms with E-state index in [1.165, 1.54) is 24.3 Å². The van der Waals surface area contributed by atoms with Crippen molar-refractivity contribution in [1.29, 1.82) is 0 Å². The molecule has 1 heterocycles. The van der Waals surface area contributed by atoms with Gasteiger partial charge in [-0.2, -0.15) is 0 Å². The molecule has 1 aliphatic heterocycles. The lowest BCUT2D eigenvalue weighted by Gasteiger charge is -2.02. The van der Waals surface area contributed by atoms with E-state index in [4.69, 9.17) is 16.3 Å². The molecular weight excluding hydrogens is 471 g/mol. The van der Waals surface area contributed by atoms with Crippen LogP contribution in [0.2, 0.25) is 5.02 Å². The topological polar surface area (TPSA) is 81.8 Å². The summed E-state index contributed by atoms with van der Waals surface area (Å²) >= 11 is 8.25. The van der Waals surface area contributed by atoms with Gasteiger partial charge >= 0.3 is 5.97 Å². The Kier molecular flexibility index (Phi) is 5.48. The standard InChI is InChI=1S/C18H10ClIN2O4/c19-14-9-8-12(20)10-13(14)17-21-15(18(23)26-17)6-3-5-11-4-1-2-7-16(11)22(24)25/h1-10H/b5-3+,15-6+. The van der Waals surface area contributed by atoms with E-state index in [1.807, 2.05) is 6.07 Å². The van der Waals surface area contributed by atoms with Crippen molar-refractivity contribution in [3.05, 3.63) is 90.1 Å². The second-order valence-corrected chi connectivity index (χ2v) is 6.81. The number of rotatable bonds is 4. The number of esters is 1. The van der Waals surface area contributed by atoms with Gasteiger partial charge in [-0.1, -0.05) is 29.8 Å². The van der Waals surface area contributed by atoms with Gasteiger partial charge in [0.05, 0.1) is 21.1 Å². The number of hydrogen-bond donors (Lipinski definition) is 0. The fourth-order valence-corrected chi connectivity index (χ4v) is 2.93. The van der Waals surface area contributed by atoms with Crippen molar-refractivity contribution in [2.24, 2.45) is 4.99 Å². The number of nitro benzene ring substituents is 1. The molecule has 26 heavy (non-hydrogen) atoms. The van der Waals surface area contributed by atoms with Crippen LogP contribution in [-0.2, 0) is 9.53 Å². The number of carbonyl (C=O) groups excluding carboxylic acids is 1. The van der Waals surface area contributed by atoms with Crippen LogP contribution in [0.1, 0.15) is 11.1 Å². The molecule has 0 saturated heterocycles. The number of benzene rings is 2. The molecule has 0 aromatic heterocycles. The van der Waals surface area contributed by atoms with Gasteiger partial charge in [0.1, 0.15) is 0 Å². The Morgan fingerprint density at radius 3 is 2.77 bits per heavy atom. The van der Waals surface area contributed by atoms with Gasteiger partial charge in [-0.3, -0.25) is 10.1 Å². The third kappa shape index (κ3) is 4.00. The van der Waals surface area contributed by atoms with Crippen molar-refractivity contribution in [3.8, 4) is 0 Å². The monoisotopic (exact) mass is 480 g/mol. The molecular formula is C18H10ClIN2O4. The minimum Gasteiger partial charge on any atom is -0.402 e. The Bertz CT molecular complexity index is 998. The summed E-state index contributed by atoms with van der Waals surface area (Å²) in [4.78, 5) is 26.7. The summed E-state index contributed by atoms with van der Waals surface area (Å²) in [5.41, 5.74) is 1.01. The zero-order valence-electron chi connectivity index (χ0n) is 13.1. The first-order chi connectivity index (χ1) is 12.5. The molecule has 3 rings (SSSR count). The van der Waals surface area contributed by atoms with Crippen LogP contribution in [0.25, 0.3) is 6.08 Å². The number of nitro groups is 1. The number of ether oxygens (including phenoxy) is 1. The van der Waals surface area contributed by atoms with Crippen LogP contribution in [0.4, 0.5) is 5.69 Å². The second-order valence-electron chi connectivity index (χ2n) is 5.16. The number of allylic oxidation sites excluding steroid dienone is 2. The fourth-order valence-electron chi connectivity index (χ4n) is 2.24. The number of hydrogen-bond acceptors (Lipinski definition) is 5. The maximum Gasteiger partial charge on any atom is 0.363 e. The minimum absolute atomic E-state index is 0.0222. The molecule has 8 heteroatoms. The summed E-state index contributed by atoms with van der Waals surface area (Å²) in [6, 6.07) is 11.6. The Balaban J connectivity index is 1.88. The third-order valence-corrected chi connectivity index (χ3v) is 4.44. The van der Waals surface area contributed by atoms with Crippen molar-refractivity contribution < 1.29 is 14.5 Å². The molecule has 0 atom stereocenters. The van der Waals surface area contributed by atoms with Crippen molar-refractivity contribution in [2.45, 2.75) is 0 Å². The van der Waals surface area contributed by atoms with Crippen LogP contribution in [-0.4, -0.2) is 16.8 Å². The summed E-state index contributed by atoms with van der Waals surface area (Å²) in [5, 5.41) is 11.4.